The monoisotopic (exact) mass is 249 g/mol. The van der Waals surface area contributed by atoms with Crippen molar-refractivity contribution in [3.63, 3.8) is 0 Å². The Balaban J connectivity index is 2.02. The number of hydrogen-bond donors (Lipinski definition) is 1. The van der Waals surface area contributed by atoms with Crippen molar-refractivity contribution in [2.75, 3.05) is 7.05 Å². The highest BCUT2D eigenvalue weighted by Gasteiger charge is 2.20. The number of hydrogen-bond acceptors (Lipinski definition) is 1. The standard InChI is InChI=1S/C16H24FN/c1-18-16(14-10-6-7-11-15(14)17)12-13-8-4-2-3-5-9-13/h6-7,10-11,13,16,18H,2-5,8-9,12H2,1H3. The van der Waals surface area contributed by atoms with E-state index >= 15 is 0 Å². The lowest BCUT2D eigenvalue weighted by Gasteiger charge is -2.23. The summed E-state index contributed by atoms with van der Waals surface area (Å²) < 4.78 is 13.8. The van der Waals surface area contributed by atoms with Crippen LogP contribution in [0.1, 0.15) is 56.6 Å². The van der Waals surface area contributed by atoms with Crippen LogP contribution in [0.5, 0.6) is 0 Å². The molecule has 100 valence electrons. The van der Waals surface area contributed by atoms with E-state index in [-0.39, 0.29) is 11.9 Å². The Hall–Kier alpha value is -0.890. The molecule has 0 bridgehead atoms. The summed E-state index contributed by atoms with van der Waals surface area (Å²) in [4.78, 5) is 0. The zero-order valence-electron chi connectivity index (χ0n) is 11.3. The molecule has 0 heterocycles. The van der Waals surface area contributed by atoms with E-state index in [1.807, 2.05) is 19.2 Å². The minimum Gasteiger partial charge on any atom is -0.313 e. The molecule has 2 rings (SSSR count). The molecule has 0 aromatic heterocycles. The maximum absolute atomic E-state index is 13.8. The molecular formula is C16H24FN. The molecule has 18 heavy (non-hydrogen) atoms. The molecule has 2 heteroatoms. The first-order chi connectivity index (χ1) is 8.81. The first-order valence-electron chi connectivity index (χ1n) is 7.23. The van der Waals surface area contributed by atoms with Gasteiger partial charge in [-0.05, 0) is 25.5 Å². The van der Waals surface area contributed by atoms with Crippen molar-refractivity contribution in [3.8, 4) is 0 Å². The molecule has 1 fully saturated rings. The van der Waals surface area contributed by atoms with E-state index in [1.165, 1.54) is 38.5 Å². The summed E-state index contributed by atoms with van der Waals surface area (Å²) in [7, 11) is 1.94. The molecule has 1 unspecified atom stereocenters. The lowest BCUT2D eigenvalue weighted by Crippen LogP contribution is -2.21. The van der Waals surface area contributed by atoms with Crippen molar-refractivity contribution >= 4 is 0 Å². The van der Waals surface area contributed by atoms with Gasteiger partial charge in [0, 0.05) is 11.6 Å². The number of nitrogens with one attached hydrogen (secondary N) is 1. The molecule has 1 atom stereocenters. The highest BCUT2D eigenvalue weighted by molar-refractivity contribution is 5.21. The Morgan fingerprint density at radius 1 is 1.17 bits per heavy atom. The fourth-order valence-corrected chi connectivity index (χ4v) is 3.09. The smallest absolute Gasteiger partial charge is 0.127 e. The predicted molar refractivity (Wildman–Crippen MR) is 74.0 cm³/mol. The van der Waals surface area contributed by atoms with Crippen molar-refractivity contribution in [2.45, 2.75) is 51.0 Å². The Labute approximate surface area is 110 Å². The van der Waals surface area contributed by atoms with Gasteiger partial charge in [0.25, 0.3) is 0 Å². The van der Waals surface area contributed by atoms with Crippen molar-refractivity contribution in [2.24, 2.45) is 5.92 Å². The van der Waals surface area contributed by atoms with E-state index in [0.29, 0.717) is 0 Å². The van der Waals surface area contributed by atoms with Gasteiger partial charge in [-0.3, -0.25) is 0 Å². The SMILES string of the molecule is CNC(CC1CCCCCC1)c1ccccc1F. The van der Waals surface area contributed by atoms with Crippen LogP contribution in [0.25, 0.3) is 0 Å². The number of halogens is 1. The number of benzene rings is 1. The highest BCUT2D eigenvalue weighted by Crippen LogP contribution is 2.31. The van der Waals surface area contributed by atoms with E-state index in [2.05, 4.69) is 5.32 Å². The second-order valence-electron chi connectivity index (χ2n) is 5.46. The maximum atomic E-state index is 13.8. The van der Waals surface area contributed by atoms with Gasteiger partial charge in [0.1, 0.15) is 5.82 Å². The summed E-state index contributed by atoms with van der Waals surface area (Å²) in [6, 6.07) is 7.32. The van der Waals surface area contributed by atoms with Gasteiger partial charge < -0.3 is 5.32 Å². The lowest BCUT2D eigenvalue weighted by atomic mass is 9.89. The Morgan fingerprint density at radius 3 is 2.44 bits per heavy atom. The molecule has 1 nitrogen and oxygen atoms in total. The van der Waals surface area contributed by atoms with Crippen LogP contribution in [0.3, 0.4) is 0 Å². The van der Waals surface area contributed by atoms with Crippen molar-refractivity contribution in [1.29, 1.82) is 0 Å². The van der Waals surface area contributed by atoms with E-state index in [1.54, 1.807) is 12.1 Å². The predicted octanol–water partition coefficient (Wildman–Crippen LogP) is 4.45. The van der Waals surface area contributed by atoms with Crippen LogP contribution in [0.15, 0.2) is 24.3 Å². The molecule has 0 radical (unpaired) electrons. The maximum Gasteiger partial charge on any atom is 0.127 e. The third-order valence-corrected chi connectivity index (χ3v) is 4.17. The molecule has 1 saturated carbocycles. The summed E-state index contributed by atoms with van der Waals surface area (Å²) in [6.07, 6.45) is 9.13. The van der Waals surface area contributed by atoms with Crippen molar-refractivity contribution in [1.82, 2.24) is 5.32 Å². The van der Waals surface area contributed by atoms with Gasteiger partial charge >= 0.3 is 0 Å². The summed E-state index contributed by atoms with van der Waals surface area (Å²) in [5.41, 5.74) is 0.823. The summed E-state index contributed by atoms with van der Waals surface area (Å²) >= 11 is 0. The molecule has 0 saturated heterocycles. The summed E-state index contributed by atoms with van der Waals surface area (Å²) in [5, 5.41) is 3.29. The van der Waals surface area contributed by atoms with Crippen LogP contribution in [-0.2, 0) is 0 Å². The second-order valence-corrected chi connectivity index (χ2v) is 5.46. The average Bonchev–Trinajstić information content (AvgIpc) is 2.65. The zero-order chi connectivity index (χ0) is 12.8. The fourth-order valence-electron chi connectivity index (χ4n) is 3.09. The Morgan fingerprint density at radius 2 is 1.83 bits per heavy atom. The molecule has 1 aromatic carbocycles. The Kier molecular flexibility index (Phi) is 5.18. The second kappa shape index (κ2) is 6.89. The van der Waals surface area contributed by atoms with E-state index in [4.69, 9.17) is 0 Å². The van der Waals surface area contributed by atoms with E-state index in [9.17, 15) is 4.39 Å². The normalized spacial score (nSPS) is 19.4. The molecule has 1 N–H and O–H groups in total. The quantitative estimate of drug-likeness (QED) is 0.777. The first kappa shape index (κ1) is 13.5. The molecule has 0 aliphatic heterocycles. The average molecular weight is 249 g/mol. The van der Waals surface area contributed by atoms with E-state index < -0.39 is 0 Å². The van der Waals surface area contributed by atoms with Crippen LogP contribution in [-0.4, -0.2) is 7.05 Å². The van der Waals surface area contributed by atoms with Crippen molar-refractivity contribution in [3.05, 3.63) is 35.6 Å². The first-order valence-corrected chi connectivity index (χ1v) is 7.23. The molecule has 1 aromatic rings. The minimum absolute atomic E-state index is 0.0783. The molecular weight excluding hydrogens is 225 g/mol. The molecule has 1 aliphatic carbocycles. The van der Waals surface area contributed by atoms with Gasteiger partial charge in [-0.15, -0.1) is 0 Å². The van der Waals surface area contributed by atoms with Crippen LogP contribution in [0.2, 0.25) is 0 Å². The van der Waals surface area contributed by atoms with Gasteiger partial charge in [-0.2, -0.15) is 0 Å². The van der Waals surface area contributed by atoms with Gasteiger partial charge in [0.2, 0.25) is 0 Å². The summed E-state index contributed by atoms with van der Waals surface area (Å²) in [6.45, 7) is 0. The van der Waals surface area contributed by atoms with E-state index in [0.717, 1.165) is 17.9 Å². The molecule has 0 amide bonds. The van der Waals surface area contributed by atoms with Gasteiger partial charge in [-0.1, -0.05) is 56.7 Å². The van der Waals surface area contributed by atoms with Crippen LogP contribution < -0.4 is 5.32 Å². The summed E-state index contributed by atoms with van der Waals surface area (Å²) in [5.74, 6) is 0.676. The molecule has 0 spiro atoms. The fraction of sp³-hybridized carbons (Fsp3) is 0.625. The largest absolute Gasteiger partial charge is 0.313 e. The Bertz CT molecular complexity index is 356. The van der Waals surface area contributed by atoms with Crippen LogP contribution in [0, 0.1) is 11.7 Å². The van der Waals surface area contributed by atoms with Gasteiger partial charge in [0.05, 0.1) is 0 Å². The van der Waals surface area contributed by atoms with Gasteiger partial charge in [-0.25, -0.2) is 4.39 Å². The lowest BCUT2D eigenvalue weighted by molar-refractivity contribution is 0.362. The van der Waals surface area contributed by atoms with Crippen LogP contribution >= 0.6 is 0 Å². The minimum atomic E-state index is -0.0783. The third kappa shape index (κ3) is 3.55. The van der Waals surface area contributed by atoms with Crippen LogP contribution in [0.4, 0.5) is 4.39 Å². The zero-order valence-corrected chi connectivity index (χ0v) is 11.3. The van der Waals surface area contributed by atoms with Gasteiger partial charge in [0.15, 0.2) is 0 Å². The van der Waals surface area contributed by atoms with Crippen molar-refractivity contribution < 1.29 is 4.39 Å². The third-order valence-electron chi connectivity index (χ3n) is 4.17. The number of rotatable bonds is 4. The highest BCUT2D eigenvalue weighted by atomic mass is 19.1. The topological polar surface area (TPSA) is 12.0 Å². The molecule has 1 aliphatic rings.